The minimum Gasteiger partial charge on any atom is -0.285 e. The van der Waals surface area contributed by atoms with Crippen LogP contribution in [-0.4, -0.2) is 30.6 Å². The Morgan fingerprint density at radius 3 is 2.21 bits per heavy atom. The first-order chi connectivity index (χ1) is 14.2. The Labute approximate surface area is 166 Å². The first-order valence-corrected chi connectivity index (χ1v) is 9.95. The molecule has 1 aliphatic carbocycles. The third-order valence-electron chi connectivity index (χ3n) is 5.18. The second kappa shape index (κ2) is 8.81. The normalized spacial score (nSPS) is 14.2. The Balaban J connectivity index is 0.000000249. The number of rotatable bonds is 2. The highest BCUT2D eigenvalue weighted by atomic mass is 19.1. The number of nitrogens with one attached hydrogen (secondary N) is 3. The molecule has 0 bridgehead atoms. The summed E-state index contributed by atoms with van der Waals surface area (Å²) in [6.07, 6.45) is 15.2. The molecule has 3 N–H and O–H groups in total. The van der Waals surface area contributed by atoms with Gasteiger partial charge in [-0.15, -0.1) is 0 Å². The molecule has 5 rings (SSSR count). The van der Waals surface area contributed by atoms with Gasteiger partial charge in [0.15, 0.2) is 0 Å². The number of nitrogens with zero attached hydrogens (tertiary/aromatic N) is 3. The van der Waals surface area contributed by atoms with Crippen molar-refractivity contribution in [1.29, 1.82) is 0 Å². The van der Waals surface area contributed by atoms with Crippen LogP contribution < -0.4 is 5.56 Å². The van der Waals surface area contributed by atoms with Gasteiger partial charge in [0.05, 0.1) is 23.6 Å². The number of hydrogen-bond donors (Lipinski definition) is 3. The lowest BCUT2D eigenvalue weighted by molar-refractivity contribution is 0.633. The van der Waals surface area contributed by atoms with E-state index < -0.39 is 5.82 Å². The largest absolute Gasteiger partial charge is 0.285 e. The van der Waals surface area contributed by atoms with Crippen LogP contribution in [0, 0.1) is 5.82 Å². The van der Waals surface area contributed by atoms with Crippen LogP contribution in [0.3, 0.4) is 0 Å². The highest BCUT2D eigenvalue weighted by Crippen LogP contribution is 2.35. The lowest BCUT2D eigenvalue weighted by Gasteiger charge is -2.07. The van der Waals surface area contributed by atoms with Gasteiger partial charge in [-0.2, -0.15) is 15.3 Å². The van der Waals surface area contributed by atoms with E-state index in [1.54, 1.807) is 18.6 Å². The number of aromatic nitrogens is 6. The van der Waals surface area contributed by atoms with E-state index in [-0.39, 0.29) is 5.56 Å². The van der Waals surface area contributed by atoms with Crippen molar-refractivity contribution in [1.82, 2.24) is 30.6 Å². The van der Waals surface area contributed by atoms with Crippen LogP contribution in [-0.2, 0) is 0 Å². The molecule has 3 aromatic heterocycles. The third-order valence-corrected chi connectivity index (χ3v) is 5.18. The van der Waals surface area contributed by atoms with Gasteiger partial charge in [0, 0.05) is 34.3 Å². The summed E-state index contributed by atoms with van der Waals surface area (Å²) in [7, 11) is 0. The predicted molar refractivity (Wildman–Crippen MR) is 110 cm³/mol. The van der Waals surface area contributed by atoms with Gasteiger partial charge in [0.25, 0.3) is 5.56 Å². The monoisotopic (exact) mass is 394 g/mol. The zero-order valence-electron chi connectivity index (χ0n) is 16.0. The summed E-state index contributed by atoms with van der Waals surface area (Å²) < 4.78 is 14.6. The first kappa shape index (κ1) is 19.0. The lowest BCUT2D eigenvalue weighted by atomic mass is 9.99. The Hall–Kier alpha value is -3.29. The SMILES string of the molecule is C1CCCCCC1.O=c1ccc(-c2cc(F)c(-c3cn[nH]c3)c3cn[nH]c23)n[nH]1. The molecule has 0 radical (unpaired) electrons. The second-order valence-electron chi connectivity index (χ2n) is 7.21. The molecule has 7 nitrogen and oxygen atoms in total. The van der Waals surface area contributed by atoms with Crippen LogP contribution in [0.4, 0.5) is 4.39 Å². The van der Waals surface area contributed by atoms with Crippen molar-refractivity contribution in [3.63, 3.8) is 0 Å². The van der Waals surface area contributed by atoms with Crippen molar-refractivity contribution in [2.75, 3.05) is 0 Å². The fourth-order valence-corrected chi connectivity index (χ4v) is 3.70. The van der Waals surface area contributed by atoms with Gasteiger partial charge >= 0.3 is 0 Å². The van der Waals surface area contributed by atoms with Crippen LogP contribution in [0.5, 0.6) is 0 Å². The topological polar surface area (TPSA) is 103 Å². The van der Waals surface area contributed by atoms with Crippen LogP contribution in [0.15, 0.2) is 41.6 Å². The van der Waals surface area contributed by atoms with E-state index in [4.69, 9.17) is 0 Å². The zero-order chi connectivity index (χ0) is 20.1. The fourth-order valence-electron chi connectivity index (χ4n) is 3.70. The van der Waals surface area contributed by atoms with E-state index in [0.717, 1.165) is 0 Å². The number of hydrogen-bond acceptors (Lipinski definition) is 4. The molecule has 0 amide bonds. The number of aromatic amines is 3. The van der Waals surface area contributed by atoms with Crippen LogP contribution in [0.2, 0.25) is 0 Å². The maximum Gasteiger partial charge on any atom is 0.264 e. The van der Waals surface area contributed by atoms with Crippen LogP contribution in [0.25, 0.3) is 33.3 Å². The minimum absolute atomic E-state index is 0.319. The molecule has 0 unspecified atom stereocenters. The third kappa shape index (κ3) is 4.26. The highest BCUT2D eigenvalue weighted by Gasteiger charge is 2.17. The van der Waals surface area contributed by atoms with Crippen molar-refractivity contribution in [3.05, 3.63) is 53.0 Å². The van der Waals surface area contributed by atoms with E-state index >= 15 is 0 Å². The van der Waals surface area contributed by atoms with Gasteiger partial charge in [-0.1, -0.05) is 44.9 Å². The van der Waals surface area contributed by atoms with Gasteiger partial charge in [-0.25, -0.2) is 9.49 Å². The molecule has 0 aliphatic heterocycles. The summed E-state index contributed by atoms with van der Waals surface area (Å²) in [5.41, 5.74) is 2.33. The molecule has 1 aliphatic rings. The summed E-state index contributed by atoms with van der Waals surface area (Å²) in [6, 6.07) is 4.24. The van der Waals surface area contributed by atoms with Gasteiger partial charge < -0.3 is 0 Å². The summed E-state index contributed by atoms with van der Waals surface area (Å²) in [5.74, 6) is -0.418. The molecule has 4 aromatic rings. The lowest BCUT2D eigenvalue weighted by Crippen LogP contribution is -2.05. The minimum atomic E-state index is -0.418. The Morgan fingerprint density at radius 2 is 1.62 bits per heavy atom. The standard InChI is InChI=1S/C14H9FN6O.C7H14/c15-10-3-8(11-1-2-12(22)20-19-11)14-9(6-18-21-14)13(10)7-4-16-17-5-7;1-2-4-6-7-5-3-1/h1-6H,(H,16,17)(H,18,21)(H,20,22);1-7H2. The molecule has 1 saturated carbocycles. The van der Waals surface area contributed by atoms with Gasteiger partial charge in [0.2, 0.25) is 0 Å². The van der Waals surface area contributed by atoms with Gasteiger partial charge in [-0.05, 0) is 12.1 Å². The molecule has 29 heavy (non-hydrogen) atoms. The maximum atomic E-state index is 14.6. The number of fused-ring (bicyclic) bond motifs is 1. The molecule has 8 heteroatoms. The van der Waals surface area contributed by atoms with Crippen molar-refractivity contribution in [2.45, 2.75) is 44.9 Å². The molecule has 0 atom stereocenters. The zero-order valence-corrected chi connectivity index (χ0v) is 16.0. The number of halogens is 1. The fraction of sp³-hybridized carbons (Fsp3) is 0.333. The number of H-pyrrole nitrogens is 3. The predicted octanol–water partition coefficient (Wildman–Crippen LogP) is 4.57. The number of benzene rings is 1. The second-order valence-corrected chi connectivity index (χ2v) is 7.21. The van der Waals surface area contributed by atoms with E-state index in [1.165, 1.54) is 63.1 Å². The molecular weight excluding hydrogens is 371 g/mol. The molecular formula is C21H23FN6O. The van der Waals surface area contributed by atoms with Gasteiger partial charge in [-0.3, -0.25) is 15.0 Å². The average molecular weight is 394 g/mol. The van der Waals surface area contributed by atoms with E-state index in [2.05, 4.69) is 30.6 Å². The Kier molecular flexibility index (Phi) is 5.79. The summed E-state index contributed by atoms with van der Waals surface area (Å²) >= 11 is 0. The van der Waals surface area contributed by atoms with Gasteiger partial charge in [0.1, 0.15) is 5.82 Å². The van der Waals surface area contributed by atoms with Crippen LogP contribution >= 0.6 is 0 Å². The maximum absolute atomic E-state index is 14.6. The average Bonchev–Trinajstić information content (AvgIpc) is 3.35. The Bertz CT molecular complexity index is 1090. The molecule has 1 aromatic carbocycles. The van der Waals surface area contributed by atoms with E-state index in [0.29, 0.717) is 33.3 Å². The molecule has 0 spiro atoms. The highest BCUT2D eigenvalue weighted by molar-refractivity contribution is 6.02. The first-order valence-electron chi connectivity index (χ1n) is 9.95. The van der Waals surface area contributed by atoms with Crippen LogP contribution in [0.1, 0.15) is 44.9 Å². The Morgan fingerprint density at radius 1 is 0.897 bits per heavy atom. The quantitative estimate of drug-likeness (QED) is 0.433. The summed E-state index contributed by atoms with van der Waals surface area (Å²) in [5, 5.41) is 20.3. The van der Waals surface area contributed by atoms with E-state index in [9.17, 15) is 9.18 Å². The van der Waals surface area contributed by atoms with Crippen molar-refractivity contribution < 1.29 is 4.39 Å². The van der Waals surface area contributed by atoms with Crippen molar-refractivity contribution in [2.24, 2.45) is 0 Å². The molecule has 3 heterocycles. The molecule has 1 fully saturated rings. The smallest absolute Gasteiger partial charge is 0.264 e. The summed E-state index contributed by atoms with van der Waals surface area (Å²) in [4.78, 5) is 11.1. The van der Waals surface area contributed by atoms with E-state index in [1.807, 2.05) is 0 Å². The van der Waals surface area contributed by atoms with Crippen molar-refractivity contribution >= 4 is 10.9 Å². The summed E-state index contributed by atoms with van der Waals surface area (Å²) in [6.45, 7) is 0. The molecule has 150 valence electrons. The molecule has 0 saturated heterocycles. The van der Waals surface area contributed by atoms with Crippen molar-refractivity contribution in [3.8, 4) is 22.4 Å².